The molecule has 11 heteroatoms. The van der Waals surface area contributed by atoms with E-state index in [-0.39, 0.29) is 21.2 Å². The number of nitrogens with one attached hydrogen (secondary N) is 3. The molecule has 0 saturated heterocycles. The van der Waals surface area contributed by atoms with Gasteiger partial charge in [0, 0.05) is 11.3 Å². The summed E-state index contributed by atoms with van der Waals surface area (Å²) in [6.45, 7) is 1.72. The molecule has 8 nitrogen and oxygen atoms in total. The van der Waals surface area contributed by atoms with E-state index in [9.17, 15) is 21.6 Å². The highest BCUT2D eigenvalue weighted by Crippen LogP contribution is 2.25. The Morgan fingerprint density at radius 1 is 0.844 bits per heavy atom. The van der Waals surface area contributed by atoms with Crippen LogP contribution in [0.5, 0.6) is 0 Å². The van der Waals surface area contributed by atoms with Crippen LogP contribution in [-0.4, -0.2) is 29.0 Å². The van der Waals surface area contributed by atoms with Crippen LogP contribution in [0, 0.1) is 6.92 Å². The highest BCUT2D eigenvalue weighted by atomic mass is 35.5. The average Bonchev–Trinajstić information content (AvgIpc) is 2.71. The molecule has 0 atom stereocenters. The molecule has 3 rings (SSSR count). The van der Waals surface area contributed by atoms with E-state index in [4.69, 9.17) is 11.6 Å². The first-order valence-electron chi connectivity index (χ1n) is 9.22. The molecular formula is C21H20ClN3O5S2. The maximum Gasteiger partial charge on any atom is 0.261 e. The van der Waals surface area contributed by atoms with Crippen LogP contribution >= 0.6 is 11.6 Å². The van der Waals surface area contributed by atoms with Gasteiger partial charge in [-0.25, -0.2) is 16.8 Å². The van der Waals surface area contributed by atoms with E-state index in [1.807, 2.05) is 0 Å². The standard InChI is InChI=1S/C21H20ClN3O5S2/c1-14-10-11-16(13-20(14)24-31(2,27)28)23-21(26)15-6-5-7-17(12-15)32(29,30)25-19-9-4-3-8-18(19)22/h3-13,24-25H,1-2H3,(H,23,26). The van der Waals surface area contributed by atoms with Gasteiger partial charge < -0.3 is 5.32 Å². The van der Waals surface area contributed by atoms with Crippen molar-refractivity contribution in [3.05, 3.63) is 82.9 Å². The summed E-state index contributed by atoms with van der Waals surface area (Å²) in [5.41, 5.74) is 1.66. The molecule has 0 saturated carbocycles. The van der Waals surface area contributed by atoms with Crippen LogP contribution in [0.2, 0.25) is 5.02 Å². The Kier molecular flexibility index (Phi) is 6.77. The van der Waals surface area contributed by atoms with Crippen molar-refractivity contribution in [1.29, 1.82) is 0 Å². The molecular weight excluding hydrogens is 474 g/mol. The first-order chi connectivity index (χ1) is 14.9. The van der Waals surface area contributed by atoms with Crippen molar-refractivity contribution in [1.82, 2.24) is 0 Å². The lowest BCUT2D eigenvalue weighted by atomic mass is 10.1. The molecule has 168 valence electrons. The van der Waals surface area contributed by atoms with Crippen molar-refractivity contribution < 1.29 is 21.6 Å². The molecule has 0 bridgehead atoms. The molecule has 0 aromatic heterocycles. The summed E-state index contributed by atoms with van der Waals surface area (Å²) in [4.78, 5) is 12.6. The molecule has 3 aromatic carbocycles. The Hall–Kier alpha value is -3.08. The first-order valence-corrected chi connectivity index (χ1v) is 13.0. The monoisotopic (exact) mass is 493 g/mol. The number of carbonyl (C=O) groups excluding carboxylic acids is 1. The van der Waals surface area contributed by atoms with Gasteiger partial charge >= 0.3 is 0 Å². The number of carbonyl (C=O) groups is 1. The number of rotatable bonds is 7. The lowest BCUT2D eigenvalue weighted by Gasteiger charge is -2.12. The van der Waals surface area contributed by atoms with E-state index < -0.39 is 26.0 Å². The first kappa shape index (κ1) is 23.6. The Labute approximate surface area is 191 Å². The number of sulfonamides is 2. The van der Waals surface area contributed by atoms with Crippen molar-refractivity contribution in [3.63, 3.8) is 0 Å². The van der Waals surface area contributed by atoms with Gasteiger partial charge in [-0.15, -0.1) is 0 Å². The maximum absolute atomic E-state index is 12.7. The molecule has 0 aliphatic rings. The van der Waals surface area contributed by atoms with Gasteiger partial charge in [-0.2, -0.15) is 0 Å². The molecule has 0 aliphatic heterocycles. The topological polar surface area (TPSA) is 121 Å². The van der Waals surface area contributed by atoms with Gasteiger partial charge in [-0.1, -0.05) is 35.9 Å². The van der Waals surface area contributed by atoms with Crippen LogP contribution in [-0.2, 0) is 20.0 Å². The van der Waals surface area contributed by atoms with Gasteiger partial charge in [0.1, 0.15) is 0 Å². The summed E-state index contributed by atoms with van der Waals surface area (Å²) in [7, 11) is -7.48. The van der Waals surface area contributed by atoms with E-state index >= 15 is 0 Å². The zero-order chi connectivity index (χ0) is 23.5. The van der Waals surface area contributed by atoms with Crippen molar-refractivity contribution in [3.8, 4) is 0 Å². The van der Waals surface area contributed by atoms with Gasteiger partial charge in [0.25, 0.3) is 15.9 Å². The van der Waals surface area contributed by atoms with E-state index in [1.165, 1.54) is 36.4 Å². The van der Waals surface area contributed by atoms with Crippen molar-refractivity contribution in [2.45, 2.75) is 11.8 Å². The minimum absolute atomic E-state index is 0.102. The number of para-hydroxylation sites is 1. The number of aryl methyl sites for hydroxylation is 1. The average molecular weight is 494 g/mol. The number of halogens is 1. The van der Waals surface area contributed by atoms with Gasteiger partial charge in [-0.05, 0) is 55.0 Å². The summed E-state index contributed by atoms with van der Waals surface area (Å²) in [6.07, 6.45) is 1.03. The number of hydrogen-bond acceptors (Lipinski definition) is 5. The van der Waals surface area contributed by atoms with Crippen LogP contribution in [0.1, 0.15) is 15.9 Å². The minimum Gasteiger partial charge on any atom is -0.322 e. The highest BCUT2D eigenvalue weighted by Gasteiger charge is 2.18. The van der Waals surface area contributed by atoms with E-state index in [1.54, 1.807) is 37.3 Å². The second-order valence-corrected chi connectivity index (χ2v) is 10.8. The fourth-order valence-corrected chi connectivity index (χ4v) is 4.75. The Balaban J connectivity index is 1.83. The van der Waals surface area contributed by atoms with E-state index in [2.05, 4.69) is 14.8 Å². The third-order valence-corrected chi connectivity index (χ3v) is 6.60. The fourth-order valence-electron chi connectivity index (χ4n) is 2.76. The van der Waals surface area contributed by atoms with Crippen molar-refractivity contribution >= 4 is 54.6 Å². The van der Waals surface area contributed by atoms with Crippen LogP contribution < -0.4 is 14.8 Å². The van der Waals surface area contributed by atoms with E-state index in [0.29, 0.717) is 16.9 Å². The lowest BCUT2D eigenvalue weighted by Crippen LogP contribution is -2.16. The van der Waals surface area contributed by atoms with Gasteiger partial charge in [0.2, 0.25) is 10.0 Å². The number of benzene rings is 3. The molecule has 3 aromatic rings. The second kappa shape index (κ2) is 9.19. The summed E-state index contributed by atoms with van der Waals surface area (Å²) in [5.74, 6) is -0.561. The molecule has 0 aliphatic carbocycles. The summed E-state index contributed by atoms with van der Waals surface area (Å²) < 4.78 is 53.3. The molecule has 0 spiro atoms. The predicted octanol–water partition coefficient (Wildman–Crippen LogP) is 4.07. The minimum atomic E-state index is -3.99. The van der Waals surface area contributed by atoms with Gasteiger partial charge in [0.05, 0.1) is 27.5 Å². The van der Waals surface area contributed by atoms with Crippen LogP contribution in [0.15, 0.2) is 71.6 Å². The number of hydrogen-bond donors (Lipinski definition) is 3. The molecule has 0 radical (unpaired) electrons. The largest absolute Gasteiger partial charge is 0.322 e. The van der Waals surface area contributed by atoms with Crippen molar-refractivity contribution in [2.75, 3.05) is 21.0 Å². The summed E-state index contributed by atoms with van der Waals surface area (Å²) in [5, 5.41) is 2.88. The Morgan fingerprint density at radius 2 is 1.56 bits per heavy atom. The smallest absolute Gasteiger partial charge is 0.261 e. The van der Waals surface area contributed by atoms with Crippen LogP contribution in [0.25, 0.3) is 0 Å². The van der Waals surface area contributed by atoms with Gasteiger partial charge in [0.15, 0.2) is 0 Å². The zero-order valence-electron chi connectivity index (χ0n) is 17.1. The normalized spacial score (nSPS) is 11.6. The Bertz CT molecular complexity index is 1390. The molecule has 1 amide bonds. The number of amides is 1. The molecule has 3 N–H and O–H groups in total. The molecule has 32 heavy (non-hydrogen) atoms. The third-order valence-electron chi connectivity index (χ3n) is 4.32. The predicted molar refractivity (Wildman–Crippen MR) is 126 cm³/mol. The molecule has 0 unspecified atom stereocenters. The third kappa shape index (κ3) is 6.00. The number of anilines is 3. The molecule has 0 heterocycles. The van der Waals surface area contributed by atoms with Crippen molar-refractivity contribution in [2.24, 2.45) is 0 Å². The molecule has 0 fully saturated rings. The van der Waals surface area contributed by atoms with Crippen LogP contribution in [0.4, 0.5) is 17.1 Å². The lowest BCUT2D eigenvalue weighted by molar-refractivity contribution is 0.102. The summed E-state index contributed by atoms with van der Waals surface area (Å²) >= 11 is 6.02. The Morgan fingerprint density at radius 3 is 2.25 bits per heavy atom. The highest BCUT2D eigenvalue weighted by molar-refractivity contribution is 7.92. The van der Waals surface area contributed by atoms with Gasteiger partial charge in [-0.3, -0.25) is 14.2 Å². The summed E-state index contributed by atoms with van der Waals surface area (Å²) in [6, 6.07) is 16.6. The maximum atomic E-state index is 12.7. The second-order valence-electron chi connectivity index (χ2n) is 6.97. The quantitative estimate of drug-likeness (QED) is 0.458. The zero-order valence-corrected chi connectivity index (χ0v) is 19.5. The van der Waals surface area contributed by atoms with E-state index in [0.717, 1.165) is 6.26 Å². The van der Waals surface area contributed by atoms with Crippen LogP contribution in [0.3, 0.4) is 0 Å². The fraction of sp³-hybridized carbons (Fsp3) is 0.0952. The SMILES string of the molecule is Cc1ccc(NC(=O)c2cccc(S(=O)(=O)Nc3ccccc3Cl)c2)cc1NS(C)(=O)=O.